The van der Waals surface area contributed by atoms with Crippen LogP contribution in [0, 0.1) is 11.8 Å². The Morgan fingerprint density at radius 1 is 1.18 bits per heavy atom. The van der Waals surface area contributed by atoms with E-state index in [2.05, 4.69) is 20.6 Å². The second-order valence-corrected chi connectivity index (χ2v) is 11.2. The summed E-state index contributed by atoms with van der Waals surface area (Å²) in [5.74, 6) is -3.53. The number of hydrogen-bond acceptors (Lipinski definition) is 8. The number of rotatable bonds is 5. The van der Waals surface area contributed by atoms with Gasteiger partial charge in [0.2, 0.25) is 5.91 Å². The van der Waals surface area contributed by atoms with Crippen molar-refractivity contribution in [3.63, 3.8) is 0 Å². The third-order valence-electron chi connectivity index (χ3n) is 8.94. The summed E-state index contributed by atoms with van der Waals surface area (Å²) in [5.41, 5.74) is 0.460. The lowest BCUT2D eigenvalue weighted by Crippen LogP contribution is -2.70. The van der Waals surface area contributed by atoms with E-state index in [4.69, 9.17) is 0 Å². The lowest BCUT2D eigenvalue weighted by molar-refractivity contribution is -0.954. The molecule has 0 bridgehead atoms. The lowest BCUT2D eigenvalue weighted by Gasteiger charge is -2.44. The van der Waals surface area contributed by atoms with Gasteiger partial charge in [0.15, 0.2) is 11.7 Å². The van der Waals surface area contributed by atoms with Gasteiger partial charge >= 0.3 is 5.91 Å². The fourth-order valence-corrected chi connectivity index (χ4v) is 6.10. The number of likely N-dealkylation sites (N-methyl/N-ethyl adjacent to an activating group) is 1. The van der Waals surface area contributed by atoms with Crippen LogP contribution < -0.4 is 10.6 Å². The Kier molecular flexibility index (Phi) is 7.32. The highest BCUT2D eigenvalue weighted by atomic mass is 16.3. The van der Waals surface area contributed by atoms with Crippen LogP contribution in [0.5, 0.6) is 5.75 Å². The number of aromatic nitrogens is 2. The van der Waals surface area contributed by atoms with E-state index in [0.717, 1.165) is 19.3 Å². The molecule has 7 unspecified atom stereocenters. The average molecular weight is 552 g/mol. The minimum Gasteiger partial charge on any atom is -0.505 e. The van der Waals surface area contributed by atoms with Gasteiger partial charge in [-0.3, -0.25) is 19.4 Å². The number of quaternary nitrogens is 1. The number of nitrogens with zero attached hydrogens (tertiary/aromatic N) is 4. The summed E-state index contributed by atoms with van der Waals surface area (Å²) < 4.78 is -0.547. The van der Waals surface area contributed by atoms with Crippen molar-refractivity contribution in [1.82, 2.24) is 25.6 Å². The standard InChI is InChI=1S/C28H34N6O6/c1-15-24(36)19(13-17-7-5-11-29-14-17)33-27(39)21(31-26(38)23-20(35)10-6-12-30-23)16(2)34(33,3)28(40)22(32-25(15)37)18-8-4-9-18/h5-7,10-12,14-16,18-19,21-22,24,36H,4,8-9,13H2,1-3H3,(H2-,31,32,35,37,38)/p+1. The summed E-state index contributed by atoms with van der Waals surface area (Å²) >= 11 is 0. The Hall–Kier alpha value is -3.90. The van der Waals surface area contributed by atoms with E-state index >= 15 is 0 Å². The second-order valence-electron chi connectivity index (χ2n) is 11.2. The third kappa shape index (κ3) is 4.50. The molecule has 5 rings (SSSR count). The van der Waals surface area contributed by atoms with E-state index in [0.29, 0.717) is 5.56 Å². The summed E-state index contributed by atoms with van der Waals surface area (Å²) in [6.45, 7) is 3.27. The van der Waals surface area contributed by atoms with Gasteiger partial charge in [0, 0.05) is 25.0 Å². The highest BCUT2D eigenvalue weighted by molar-refractivity contribution is 5.99. The van der Waals surface area contributed by atoms with Gasteiger partial charge in [0.1, 0.15) is 23.9 Å². The number of fused-ring (bicyclic) bond motifs is 1. The number of nitrogens with one attached hydrogen (secondary N) is 2. The molecule has 0 radical (unpaired) electrons. The minimum absolute atomic E-state index is 0.0890. The lowest BCUT2D eigenvalue weighted by atomic mass is 9.78. The van der Waals surface area contributed by atoms with Crippen molar-refractivity contribution in [2.75, 3.05) is 7.05 Å². The first-order valence-electron chi connectivity index (χ1n) is 13.6. The van der Waals surface area contributed by atoms with Gasteiger partial charge in [-0.1, -0.05) is 19.4 Å². The Labute approximate surface area is 232 Å². The summed E-state index contributed by atoms with van der Waals surface area (Å²) in [4.78, 5) is 63.2. The zero-order valence-electron chi connectivity index (χ0n) is 22.7. The van der Waals surface area contributed by atoms with Crippen molar-refractivity contribution in [1.29, 1.82) is 0 Å². The van der Waals surface area contributed by atoms with Gasteiger partial charge in [0.25, 0.3) is 11.8 Å². The molecule has 3 fully saturated rings. The van der Waals surface area contributed by atoms with Gasteiger partial charge in [-0.05, 0) is 49.4 Å². The molecule has 0 spiro atoms. The SMILES string of the molecule is CC1C(=O)NC(C2CCC2)C(=O)[N+]2(C)C(C)C(NC(=O)c3ncccc3O)C(=O)N2C(Cc2cccnc2)C1O. The zero-order chi connectivity index (χ0) is 28.8. The van der Waals surface area contributed by atoms with E-state index in [1.807, 2.05) is 0 Å². The summed E-state index contributed by atoms with van der Waals surface area (Å²) in [6.07, 6.45) is 5.82. The molecule has 12 heteroatoms. The van der Waals surface area contributed by atoms with Crippen LogP contribution in [0.1, 0.15) is 49.2 Å². The monoisotopic (exact) mass is 551 g/mol. The molecule has 4 heterocycles. The number of aromatic hydroxyl groups is 1. The van der Waals surface area contributed by atoms with Crippen LogP contribution in [0.4, 0.5) is 0 Å². The Bertz CT molecular complexity index is 1320. The number of hydrogen-bond donors (Lipinski definition) is 4. The quantitative estimate of drug-likeness (QED) is 0.386. The van der Waals surface area contributed by atoms with E-state index in [1.165, 1.54) is 23.3 Å². The first kappa shape index (κ1) is 27.7. The maximum atomic E-state index is 14.5. The van der Waals surface area contributed by atoms with Crippen LogP contribution in [-0.2, 0) is 20.8 Å². The maximum Gasteiger partial charge on any atom is 0.360 e. The maximum absolute atomic E-state index is 14.5. The van der Waals surface area contributed by atoms with Crippen LogP contribution >= 0.6 is 0 Å². The summed E-state index contributed by atoms with van der Waals surface area (Å²) in [5, 5.41) is 28.7. The molecule has 2 aliphatic heterocycles. The number of pyridine rings is 2. The highest BCUT2D eigenvalue weighted by Gasteiger charge is 2.65. The molecule has 2 saturated heterocycles. The van der Waals surface area contributed by atoms with Gasteiger partial charge in [-0.25, -0.2) is 9.78 Å². The Morgan fingerprint density at radius 2 is 1.90 bits per heavy atom. The molecule has 12 nitrogen and oxygen atoms in total. The largest absolute Gasteiger partial charge is 0.505 e. The molecule has 1 saturated carbocycles. The number of aliphatic hydroxyl groups excluding tert-OH is 1. The van der Waals surface area contributed by atoms with E-state index in [9.17, 15) is 29.4 Å². The molecule has 2 aromatic heterocycles. The van der Waals surface area contributed by atoms with E-state index in [1.54, 1.807) is 45.4 Å². The molecule has 1 aliphatic carbocycles. The van der Waals surface area contributed by atoms with Crippen LogP contribution in [0.15, 0.2) is 42.9 Å². The average Bonchev–Trinajstić information content (AvgIpc) is 3.11. The fraction of sp³-hybridized carbons (Fsp3) is 0.500. The smallest absolute Gasteiger partial charge is 0.360 e. The predicted octanol–water partition coefficient (Wildman–Crippen LogP) is 0.306. The van der Waals surface area contributed by atoms with E-state index in [-0.39, 0.29) is 29.7 Å². The molecular formula is C28H35N6O6+. The van der Waals surface area contributed by atoms with Crippen molar-refractivity contribution in [3.05, 3.63) is 54.1 Å². The van der Waals surface area contributed by atoms with Crippen molar-refractivity contribution in [3.8, 4) is 5.75 Å². The summed E-state index contributed by atoms with van der Waals surface area (Å²) in [6, 6.07) is 2.51. The second kappa shape index (κ2) is 10.6. The number of carbonyl (C=O) groups is 4. The van der Waals surface area contributed by atoms with E-state index < -0.39 is 58.5 Å². The molecule has 2 aromatic rings. The molecule has 4 amide bonds. The highest BCUT2D eigenvalue weighted by Crippen LogP contribution is 2.39. The van der Waals surface area contributed by atoms with Gasteiger partial charge in [-0.2, -0.15) is 9.60 Å². The topological polar surface area (TPSA) is 162 Å². The van der Waals surface area contributed by atoms with Gasteiger partial charge < -0.3 is 20.8 Å². The molecule has 40 heavy (non-hydrogen) atoms. The normalized spacial score (nSPS) is 32.8. The Morgan fingerprint density at radius 3 is 2.52 bits per heavy atom. The molecule has 212 valence electrons. The number of amides is 4. The van der Waals surface area contributed by atoms with Crippen molar-refractivity contribution in [2.45, 2.75) is 69.8 Å². The first-order valence-corrected chi connectivity index (χ1v) is 13.6. The minimum atomic E-state index is -1.32. The molecule has 0 aromatic carbocycles. The molecule has 3 aliphatic rings. The molecule has 7 atom stereocenters. The molecule has 4 N–H and O–H groups in total. The van der Waals surface area contributed by atoms with Crippen molar-refractivity contribution >= 4 is 23.6 Å². The van der Waals surface area contributed by atoms with Gasteiger partial charge in [-0.15, -0.1) is 0 Å². The van der Waals surface area contributed by atoms with Crippen molar-refractivity contribution < 1.29 is 34.0 Å². The van der Waals surface area contributed by atoms with Crippen molar-refractivity contribution in [2.24, 2.45) is 11.8 Å². The molecular weight excluding hydrogens is 516 g/mol. The van der Waals surface area contributed by atoms with Crippen LogP contribution in [-0.4, -0.2) is 90.7 Å². The summed E-state index contributed by atoms with van der Waals surface area (Å²) in [7, 11) is 1.60. The number of aliphatic hydroxyl groups is 1. The van der Waals surface area contributed by atoms with Crippen LogP contribution in [0.2, 0.25) is 0 Å². The third-order valence-corrected chi connectivity index (χ3v) is 8.94. The predicted molar refractivity (Wildman–Crippen MR) is 141 cm³/mol. The Balaban J connectivity index is 1.60. The van der Waals surface area contributed by atoms with Crippen LogP contribution in [0.3, 0.4) is 0 Å². The number of carbonyl (C=O) groups excluding carboxylic acids is 4. The van der Waals surface area contributed by atoms with Crippen LogP contribution in [0.25, 0.3) is 0 Å². The fourth-order valence-electron chi connectivity index (χ4n) is 6.10. The first-order chi connectivity index (χ1) is 19.1. The van der Waals surface area contributed by atoms with Gasteiger partial charge in [0.05, 0.1) is 19.1 Å². The zero-order valence-corrected chi connectivity index (χ0v) is 22.7.